The van der Waals surface area contributed by atoms with Crippen molar-refractivity contribution in [2.24, 2.45) is 11.6 Å². The molecule has 2 aromatic carbocycles. The van der Waals surface area contributed by atoms with Gasteiger partial charge in [0.25, 0.3) is 0 Å². The third-order valence-electron chi connectivity index (χ3n) is 4.75. The third-order valence-corrected chi connectivity index (χ3v) is 4.75. The predicted molar refractivity (Wildman–Crippen MR) is 117 cm³/mol. The fourth-order valence-electron chi connectivity index (χ4n) is 3.05. The van der Waals surface area contributed by atoms with Crippen molar-refractivity contribution < 1.29 is 14.4 Å². The molecule has 0 aromatic heterocycles. The van der Waals surface area contributed by atoms with Crippen molar-refractivity contribution in [3.05, 3.63) is 65.7 Å². The molecule has 0 spiro atoms. The van der Waals surface area contributed by atoms with Crippen molar-refractivity contribution in [3.8, 4) is 0 Å². The minimum Gasteiger partial charge on any atom is -0.343 e. The molecule has 0 unspecified atom stereocenters. The molecule has 0 bridgehead atoms. The van der Waals surface area contributed by atoms with E-state index in [0.29, 0.717) is 31.5 Å². The van der Waals surface area contributed by atoms with Gasteiger partial charge in [0.15, 0.2) is 0 Å². The first kappa shape index (κ1) is 23.5. The highest BCUT2D eigenvalue weighted by atomic mass is 16.6. The summed E-state index contributed by atoms with van der Waals surface area (Å²) in [5, 5.41) is 8.74. The summed E-state index contributed by atoms with van der Waals surface area (Å²) in [6.07, 6.45) is 1.60. The summed E-state index contributed by atoms with van der Waals surface area (Å²) in [6, 6.07) is 15.8. The number of nitrogens with one attached hydrogen (secondary N) is 3. The number of rotatable bonds is 12. The van der Waals surface area contributed by atoms with E-state index in [-0.39, 0.29) is 18.4 Å². The number of nitrogens with two attached hydrogens (primary N) is 2. The maximum atomic E-state index is 12.8. The average molecular weight is 414 g/mol. The van der Waals surface area contributed by atoms with Crippen LogP contribution in [0.25, 0.3) is 0 Å². The van der Waals surface area contributed by atoms with Gasteiger partial charge < -0.3 is 21.7 Å². The molecule has 0 saturated heterocycles. The predicted octanol–water partition coefficient (Wildman–Crippen LogP) is 1.07. The highest BCUT2D eigenvalue weighted by Gasteiger charge is 2.24. The van der Waals surface area contributed by atoms with Crippen molar-refractivity contribution >= 4 is 17.5 Å². The van der Waals surface area contributed by atoms with Gasteiger partial charge in [0.05, 0.1) is 12.6 Å². The van der Waals surface area contributed by atoms with E-state index < -0.39 is 12.1 Å². The molecule has 30 heavy (non-hydrogen) atoms. The number of carbonyl (C=O) groups is 2. The van der Waals surface area contributed by atoms with Crippen LogP contribution in [0.1, 0.15) is 24.0 Å². The topological polar surface area (TPSA) is 132 Å². The lowest BCUT2D eigenvalue weighted by atomic mass is 10.0. The van der Waals surface area contributed by atoms with Crippen molar-refractivity contribution in [2.45, 2.75) is 38.0 Å². The zero-order chi connectivity index (χ0) is 21.8. The fourth-order valence-corrected chi connectivity index (χ4v) is 3.05. The normalized spacial score (nSPS) is 12.8. The number of carbonyl (C=O) groups excluding carboxylic acids is 2. The van der Waals surface area contributed by atoms with Crippen molar-refractivity contribution in [1.29, 1.82) is 0 Å². The first-order chi connectivity index (χ1) is 14.6. The molecule has 0 aliphatic rings. The first-order valence-electron chi connectivity index (χ1n) is 10.0. The Morgan fingerprint density at radius 3 is 2.27 bits per heavy atom. The molecule has 0 heterocycles. The summed E-state index contributed by atoms with van der Waals surface area (Å²) >= 11 is 0. The number of amides is 2. The van der Waals surface area contributed by atoms with Gasteiger partial charge in [0.2, 0.25) is 11.8 Å². The number of hydrogen-bond acceptors (Lipinski definition) is 6. The van der Waals surface area contributed by atoms with Crippen LogP contribution in [0.2, 0.25) is 0 Å². The second-order valence-corrected chi connectivity index (χ2v) is 7.02. The van der Waals surface area contributed by atoms with Crippen molar-refractivity contribution in [3.63, 3.8) is 0 Å². The molecule has 0 aliphatic carbocycles. The Morgan fingerprint density at radius 1 is 0.967 bits per heavy atom. The summed E-state index contributed by atoms with van der Waals surface area (Å²) in [6.45, 7) is 0.725. The molecule has 8 heteroatoms. The van der Waals surface area contributed by atoms with E-state index in [1.807, 2.05) is 42.5 Å². The number of benzene rings is 2. The molecule has 0 aliphatic heterocycles. The standard InChI is InChI=1S/C22H31N5O3/c1-25-20(14-16-6-3-2-4-7-16)22(29)27-19(8-5-13-23)21(28)26-18-11-9-17(10-12-18)15-30-24/h2-4,6-7,9-12,19-20,25H,5,8,13-15,23-24H2,1H3,(H,26,28)(H,27,29)/t19-,20-/m0/s1. The Balaban J connectivity index is 2.01. The van der Waals surface area contributed by atoms with Gasteiger partial charge in [-0.15, -0.1) is 0 Å². The van der Waals surface area contributed by atoms with E-state index in [0.717, 1.165) is 11.1 Å². The second kappa shape index (κ2) is 12.7. The Kier molecular flexibility index (Phi) is 9.96. The molecule has 2 rings (SSSR count). The Hall–Kier alpha value is -2.78. The van der Waals surface area contributed by atoms with Crippen LogP contribution < -0.4 is 27.6 Å². The average Bonchev–Trinajstić information content (AvgIpc) is 2.77. The van der Waals surface area contributed by atoms with Gasteiger partial charge >= 0.3 is 0 Å². The summed E-state index contributed by atoms with van der Waals surface area (Å²) in [5.41, 5.74) is 8.17. The SMILES string of the molecule is CN[C@@H](Cc1ccccc1)C(=O)N[C@@H](CCCN)C(=O)Nc1ccc(CON)cc1. The molecule has 0 saturated carbocycles. The zero-order valence-electron chi connectivity index (χ0n) is 17.3. The Bertz CT molecular complexity index is 783. The van der Waals surface area contributed by atoms with Crippen LogP contribution in [-0.2, 0) is 27.5 Å². The van der Waals surface area contributed by atoms with Gasteiger partial charge in [-0.1, -0.05) is 42.5 Å². The summed E-state index contributed by atoms with van der Waals surface area (Å²) in [5.74, 6) is 4.56. The van der Waals surface area contributed by atoms with Gasteiger partial charge in [-0.05, 0) is 56.1 Å². The molecule has 162 valence electrons. The van der Waals surface area contributed by atoms with Crippen molar-refractivity contribution in [2.75, 3.05) is 18.9 Å². The monoisotopic (exact) mass is 413 g/mol. The maximum absolute atomic E-state index is 12.8. The molecule has 8 nitrogen and oxygen atoms in total. The van der Waals surface area contributed by atoms with Crippen LogP contribution in [0.4, 0.5) is 5.69 Å². The lowest BCUT2D eigenvalue weighted by Crippen LogP contribution is -2.51. The first-order valence-corrected chi connectivity index (χ1v) is 10.0. The lowest BCUT2D eigenvalue weighted by molar-refractivity contribution is -0.128. The van der Waals surface area contributed by atoms with E-state index in [2.05, 4.69) is 20.8 Å². The number of anilines is 1. The van der Waals surface area contributed by atoms with E-state index in [4.69, 9.17) is 11.6 Å². The van der Waals surface area contributed by atoms with Crippen LogP contribution >= 0.6 is 0 Å². The minimum atomic E-state index is -0.681. The van der Waals surface area contributed by atoms with Gasteiger partial charge in [-0.3, -0.25) is 14.4 Å². The van der Waals surface area contributed by atoms with Crippen LogP contribution in [0.15, 0.2) is 54.6 Å². The molecule has 7 N–H and O–H groups in total. The van der Waals surface area contributed by atoms with Gasteiger partial charge in [0.1, 0.15) is 6.04 Å². The fraction of sp³-hybridized carbons (Fsp3) is 0.364. The molecule has 0 fully saturated rings. The summed E-state index contributed by atoms with van der Waals surface area (Å²) < 4.78 is 0. The summed E-state index contributed by atoms with van der Waals surface area (Å²) in [7, 11) is 1.73. The highest BCUT2D eigenvalue weighted by Crippen LogP contribution is 2.12. The number of hydrogen-bond donors (Lipinski definition) is 5. The molecular weight excluding hydrogens is 382 g/mol. The highest BCUT2D eigenvalue weighted by molar-refractivity contribution is 5.97. The van der Waals surface area contributed by atoms with Crippen LogP contribution in [0, 0.1) is 0 Å². The molecule has 2 atom stereocenters. The molecular formula is C22H31N5O3. The van der Waals surface area contributed by atoms with Gasteiger partial charge in [-0.25, -0.2) is 5.90 Å². The Morgan fingerprint density at radius 2 is 1.67 bits per heavy atom. The minimum absolute atomic E-state index is 0.228. The van der Waals surface area contributed by atoms with Crippen LogP contribution in [0.3, 0.4) is 0 Å². The van der Waals surface area contributed by atoms with Crippen molar-refractivity contribution in [1.82, 2.24) is 10.6 Å². The van der Waals surface area contributed by atoms with E-state index in [9.17, 15) is 9.59 Å². The van der Waals surface area contributed by atoms with E-state index in [1.54, 1.807) is 19.2 Å². The number of likely N-dealkylation sites (N-methyl/N-ethyl adjacent to an activating group) is 1. The van der Waals surface area contributed by atoms with Crippen LogP contribution in [-0.4, -0.2) is 37.5 Å². The van der Waals surface area contributed by atoms with Gasteiger partial charge in [-0.2, -0.15) is 0 Å². The van der Waals surface area contributed by atoms with Gasteiger partial charge in [0, 0.05) is 5.69 Å². The smallest absolute Gasteiger partial charge is 0.246 e. The largest absolute Gasteiger partial charge is 0.343 e. The third kappa shape index (κ3) is 7.57. The summed E-state index contributed by atoms with van der Waals surface area (Å²) in [4.78, 5) is 30.2. The maximum Gasteiger partial charge on any atom is 0.246 e. The molecule has 0 radical (unpaired) electrons. The quantitative estimate of drug-likeness (QED) is 0.331. The molecule has 2 aromatic rings. The lowest BCUT2D eigenvalue weighted by Gasteiger charge is -2.22. The van der Waals surface area contributed by atoms with Crippen LogP contribution in [0.5, 0.6) is 0 Å². The van der Waals surface area contributed by atoms with E-state index >= 15 is 0 Å². The second-order valence-electron chi connectivity index (χ2n) is 7.02. The zero-order valence-corrected chi connectivity index (χ0v) is 17.3. The van der Waals surface area contributed by atoms with E-state index in [1.165, 1.54) is 0 Å². The molecule has 2 amide bonds. The Labute approximate surface area is 177 Å².